The van der Waals surface area contributed by atoms with Gasteiger partial charge in [-0.1, -0.05) is 42.8 Å². The van der Waals surface area contributed by atoms with Crippen molar-refractivity contribution < 1.29 is 9.59 Å². The Bertz CT molecular complexity index is 840. The highest BCUT2D eigenvalue weighted by Crippen LogP contribution is 2.21. The van der Waals surface area contributed by atoms with Gasteiger partial charge in [-0.2, -0.15) is 0 Å². The summed E-state index contributed by atoms with van der Waals surface area (Å²) in [4.78, 5) is 33.6. The molecular formula is C22H28ClN5O2. The van der Waals surface area contributed by atoms with Gasteiger partial charge in [0.25, 0.3) is 0 Å². The van der Waals surface area contributed by atoms with E-state index in [1.54, 1.807) is 12.3 Å². The van der Waals surface area contributed by atoms with E-state index in [1.807, 2.05) is 36.5 Å². The van der Waals surface area contributed by atoms with Crippen LogP contribution in [-0.2, 0) is 16.1 Å². The second kappa shape index (κ2) is 11.1. The Labute approximate surface area is 182 Å². The van der Waals surface area contributed by atoms with Crippen LogP contribution in [0.3, 0.4) is 0 Å². The minimum atomic E-state index is -0.671. The van der Waals surface area contributed by atoms with Crippen LogP contribution in [0.25, 0.3) is 0 Å². The maximum Gasteiger partial charge on any atom is 0.309 e. The number of aromatic nitrogens is 1. The number of halogens is 1. The highest BCUT2D eigenvalue weighted by atomic mass is 35.5. The molecule has 1 atom stereocenters. The summed E-state index contributed by atoms with van der Waals surface area (Å²) in [5.41, 5.74) is 1.79. The van der Waals surface area contributed by atoms with E-state index in [0.717, 1.165) is 43.9 Å². The van der Waals surface area contributed by atoms with E-state index in [9.17, 15) is 9.59 Å². The molecule has 0 spiro atoms. The zero-order valence-electron chi connectivity index (χ0n) is 17.2. The van der Waals surface area contributed by atoms with Crippen LogP contribution in [0, 0.1) is 0 Å². The maximum atomic E-state index is 12.4. The second-order valence-corrected chi connectivity index (χ2v) is 7.66. The van der Waals surface area contributed by atoms with Crippen molar-refractivity contribution in [2.75, 3.05) is 39.3 Å². The van der Waals surface area contributed by atoms with Crippen molar-refractivity contribution in [2.45, 2.75) is 19.5 Å². The number of hydrogen-bond acceptors (Lipinski definition) is 5. The average molecular weight is 430 g/mol. The van der Waals surface area contributed by atoms with Gasteiger partial charge in [0.05, 0.1) is 6.04 Å². The Morgan fingerprint density at radius 1 is 1.07 bits per heavy atom. The molecule has 8 heteroatoms. The largest absolute Gasteiger partial charge is 0.346 e. The lowest BCUT2D eigenvalue weighted by Gasteiger charge is -2.39. The van der Waals surface area contributed by atoms with Gasteiger partial charge in [-0.05, 0) is 29.8 Å². The quantitative estimate of drug-likeness (QED) is 0.657. The highest BCUT2D eigenvalue weighted by Gasteiger charge is 2.26. The minimum Gasteiger partial charge on any atom is -0.346 e. The van der Waals surface area contributed by atoms with Gasteiger partial charge >= 0.3 is 11.8 Å². The Kier molecular flexibility index (Phi) is 8.19. The number of pyridine rings is 1. The predicted molar refractivity (Wildman–Crippen MR) is 117 cm³/mol. The van der Waals surface area contributed by atoms with Crippen molar-refractivity contribution in [3.8, 4) is 0 Å². The van der Waals surface area contributed by atoms with Gasteiger partial charge in [0.15, 0.2) is 0 Å². The average Bonchev–Trinajstić information content (AvgIpc) is 2.79. The molecule has 1 fully saturated rings. The molecule has 1 aromatic carbocycles. The van der Waals surface area contributed by atoms with E-state index in [1.165, 1.54) is 0 Å². The van der Waals surface area contributed by atoms with Crippen LogP contribution in [0.15, 0.2) is 48.8 Å². The topological polar surface area (TPSA) is 77.6 Å². The molecule has 1 aromatic heterocycles. The van der Waals surface area contributed by atoms with E-state index in [0.29, 0.717) is 11.6 Å². The number of hydrogen-bond donors (Lipinski definition) is 2. The van der Waals surface area contributed by atoms with Gasteiger partial charge in [-0.3, -0.25) is 19.5 Å². The Morgan fingerprint density at radius 3 is 2.47 bits per heavy atom. The SMILES string of the molecule is CCN1CCN([C@@H](CNC(=O)C(=O)NCc2ccccc2Cl)c2cccnc2)CC1. The summed E-state index contributed by atoms with van der Waals surface area (Å²) in [7, 11) is 0. The molecule has 30 heavy (non-hydrogen) atoms. The summed E-state index contributed by atoms with van der Waals surface area (Å²) in [5, 5.41) is 5.97. The third kappa shape index (κ3) is 6.01. The molecule has 0 radical (unpaired) electrons. The van der Waals surface area contributed by atoms with E-state index < -0.39 is 11.8 Å². The zero-order valence-corrected chi connectivity index (χ0v) is 17.9. The molecular weight excluding hydrogens is 402 g/mol. The number of nitrogens with one attached hydrogen (secondary N) is 2. The Hall–Kier alpha value is -2.48. The minimum absolute atomic E-state index is 0.0296. The van der Waals surface area contributed by atoms with Gasteiger partial charge in [0, 0.05) is 56.7 Å². The van der Waals surface area contributed by atoms with Crippen molar-refractivity contribution in [2.24, 2.45) is 0 Å². The van der Waals surface area contributed by atoms with Gasteiger partial charge in [-0.25, -0.2) is 0 Å². The molecule has 1 saturated heterocycles. The fourth-order valence-electron chi connectivity index (χ4n) is 3.59. The molecule has 0 bridgehead atoms. The Balaban J connectivity index is 1.57. The van der Waals surface area contributed by atoms with E-state index in [-0.39, 0.29) is 12.6 Å². The number of likely N-dealkylation sites (N-methyl/N-ethyl adjacent to an activating group) is 1. The molecule has 2 aromatic rings. The fourth-order valence-corrected chi connectivity index (χ4v) is 3.79. The lowest BCUT2D eigenvalue weighted by molar-refractivity contribution is -0.139. The van der Waals surface area contributed by atoms with Crippen LogP contribution < -0.4 is 10.6 Å². The molecule has 1 aliphatic rings. The molecule has 0 aliphatic carbocycles. The fraction of sp³-hybridized carbons (Fsp3) is 0.409. The summed E-state index contributed by atoms with van der Waals surface area (Å²) in [6.45, 7) is 7.53. The smallest absolute Gasteiger partial charge is 0.309 e. The Morgan fingerprint density at radius 2 is 1.80 bits per heavy atom. The molecule has 1 aliphatic heterocycles. The van der Waals surface area contributed by atoms with Crippen molar-refractivity contribution in [1.29, 1.82) is 0 Å². The van der Waals surface area contributed by atoms with Gasteiger partial charge in [0.2, 0.25) is 0 Å². The second-order valence-electron chi connectivity index (χ2n) is 7.26. The first-order chi connectivity index (χ1) is 14.6. The highest BCUT2D eigenvalue weighted by molar-refractivity contribution is 6.35. The van der Waals surface area contributed by atoms with Crippen LogP contribution in [0.2, 0.25) is 5.02 Å². The van der Waals surface area contributed by atoms with Crippen LogP contribution in [0.4, 0.5) is 0 Å². The number of carbonyl (C=O) groups excluding carboxylic acids is 2. The maximum absolute atomic E-state index is 12.4. The number of nitrogens with zero attached hydrogens (tertiary/aromatic N) is 3. The summed E-state index contributed by atoms with van der Waals surface area (Å²) in [6.07, 6.45) is 3.55. The van der Waals surface area contributed by atoms with Crippen molar-refractivity contribution in [1.82, 2.24) is 25.4 Å². The molecule has 7 nitrogen and oxygen atoms in total. The van der Waals surface area contributed by atoms with Crippen molar-refractivity contribution in [3.05, 3.63) is 64.9 Å². The summed E-state index contributed by atoms with van der Waals surface area (Å²) < 4.78 is 0. The summed E-state index contributed by atoms with van der Waals surface area (Å²) in [5.74, 6) is -1.32. The van der Waals surface area contributed by atoms with E-state index in [4.69, 9.17) is 11.6 Å². The van der Waals surface area contributed by atoms with Crippen LogP contribution in [0.5, 0.6) is 0 Å². The van der Waals surface area contributed by atoms with Crippen LogP contribution >= 0.6 is 11.6 Å². The standard InChI is InChI=1S/C22H28ClN5O2/c1-2-27-10-12-28(13-11-27)20(18-7-5-9-24-14-18)16-26-22(30)21(29)25-15-17-6-3-4-8-19(17)23/h3-9,14,20H,2,10-13,15-16H2,1H3,(H,25,29)(H,26,30)/t20-/m0/s1. The number of benzene rings is 1. The first-order valence-corrected chi connectivity index (χ1v) is 10.6. The molecule has 160 valence electrons. The first-order valence-electron chi connectivity index (χ1n) is 10.2. The lowest BCUT2D eigenvalue weighted by Crippen LogP contribution is -2.50. The van der Waals surface area contributed by atoms with Gasteiger partial charge in [-0.15, -0.1) is 0 Å². The monoisotopic (exact) mass is 429 g/mol. The van der Waals surface area contributed by atoms with Gasteiger partial charge < -0.3 is 15.5 Å². The molecule has 2 amide bonds. The summed E-state index contributed by atoms with van der Waals surface area (Å²) >= 11 is 6.10. The van der Waals surface area contributed by atoms with E-state index in [2.05, 4.69) is 32.3 Å². The van der Waals surface area contributed by atoms with Crippen LogP contribution in [-0.4, -0.2) is 65.9 Å². The number of piperazine rings is 1. The molecule has 0 unspecified atom stereocenters. The normalized spacial score (nSPS) is 16.1. The van der Waals surface area contributed by atoms with Gasteiger partial charge in [0.1, 0.15) is 0 Å². The number of amides is 2. The van der Waals surface area contributed by atoms with Crippen molar-refractivity contribution >= 4 is 23.4 Å². The molecule has 2 N–H and O–H groups in total. The molecule has 2 heterocycles. The third-order valence-electron chi connectivity index (χ3n) is 5.42. The lowest BCUT2D eigenvalue weighted by atomic mass is 10.1. The zero-order chi connectivity index (χ0) is 21.3. The van der Waals surface area contributed by atoms with Crippen molar-refractivity contribution in [3.63, 3.8) is 0 Å². The summed E-state index contributed by atoms with van der Waals surface area (Å²) in [6, 6.07) is 11.1. The molecule has 3 rings (SSSR count). The number of carbonyl (C=O) groups is 2. The van der Waals surface area contributed by atoms with E-state index >= 15 is 0 Å². The van der Waals surface area contributed by atoms with Crippen LogP contribution in [0.1, 0.15) is 24.1 Å². The predicted octanol–water partition coefficient (Wildman–Crippen LogP) is 1.85. The third-order valence-corrected chi connectivity index (χ3v) is 5.79. The number of rotatable bonds is 7. The molecule has 0 saturated carbocycles. The first kappa shape index (κ1) is 22.2.